The number of nitrogens with zero attached hydrogens (tertiary/aromatic N) is 1. The molecule has 20 heavy (non-hydrogen) atoms. The lowest BCUT2D eigenvalue weighted by atomic mass is 10.4. The van der Waals surface area contributed by atoms with E-state index < -0.39 is 10.0 Å². The van der Waals surface area contributed by atoms with Crippen molar-refractivity contribution in [2.45, 2.75) is 18.4 Å². The topological polar surface area (TPSA) is 102 Å². The van der Waals surface area contributed by atoms with Gasteiger partial charge in [-0.15, -0.1) is 0 Å². The number of anilines is 1. The van der Waals surface area contributed by atoms with Crippen LogP contribution < -0.4 is 9.46 Å². The summed E-state index contributed by atoms with van der Waals surface area (Å²) in [4.78, 5) is 3.89. The Balaban J connectivity index is 2.27. The SMILES string of the molecule is COc1ccc(NS(=O)(=O)c2cc(CO)oc2C)cn1. The molecule has 0 radical (unpaired) electrons. The molecule has 108 valence electrons. The fourth-order valence-electron chi connectivity index (χ4n) is 1.64. The van der Waals surface area contributed by atoms with Crippen LogP contribution in [0.25, 0.3) is 0 Å². The van der Waals surface area contributed by atoms with Crippen molar-refractivity contribution in [3.05, 3.63) is 35.9 Å². The maximum Gasteiger partial charge on any atom is 0.265 e. The molecule has 0 bridgehead atoms. The number of nitrogens with one attached hydrogen (secondary N) is 1. The number of hydrogen-bond donors (Lipinski definition) is 2. The summed E-state index contributed by atoms with van der Waals surface area (Å²) in [6.45, 7) is 1.15. The Kier molecular flexibility index (Phi) is 3.96. The van der Waals surface area contributed by atoms with E-state index in [0.29, 0.717) is 11.6 Å². The van der Waals surface area contributed by atoms with E-state index in [4.69, 9.17) is 14.3 Å². The van der Waals surface area contributed by atoms with Gasteiger partial charge in [0.2, 0.25) is 5.88 Å². The molecule has 0 amide bonds. The van der Waals surface area contributed by atoms with E-state index in [1.807, 2.05) is 0 Å². The van der Waals surface area contributed by atoms with Gasteiger partial charge in [-0.2, -0.15) is 0 Å². The van der Waals surface area contributed by atoms with Crippen LogP contribution in [-0.2, 0) is 16.6 Å². The van der Waals surface area contributed by atoms with E-state index in [9.17, 15) is 8.42 Å². The predicted octanol–water partition coefficient (Wildman–Crippen LogP) is 1.28. The van der Waals surface area contributed by atoms with E-state index in [1.165, 1.54) is 32.4 Å². The molecule has 0 aliphatic carbocycles. The number of aliphatic hydroxyl groups excluding tert-OH is 1. The molecular formula is C12H14N2O5S. The monoisotopic (exact) mass is 298 g/mol. The van der Waals surface area contributed by atoms with Crippen molar-refractivity contribution in [1.82, 2.24) is 4.98 Å². The van der Waals surface area contributed by atoms with Gasteiger partial charge in [0.15, 0.2) is 0 Å². The summed E-state index contributed by atoms with van der Waals surface area (Å²) in [5.41, 5.74) is 0.303. The van der Waals surface area contributed by atoms with Gasteiger partial charge in [0.05, 0.1) is 19.0 Å². The largest absolute Gasteiger partial charge is 0.481 e. The molecule has 8 heteroatoms. The normalized spacial score (nSPS) is 11.3. The van der Waals surface area contributed by atoms with E-state index in [0.717, 1.165) is 0 Å². The minimum atomic E-state index is -3.79. The number of pyridine rings is 1. The third-order valence-corrected chi connectivity index (χ3v) is 4.06. The molecule has 0 unspecified atom stereocenters. The Morgan fingerprint density at radius 1 is 1.45 bits per heavy atom. The van der Waals surface area contributed by atoms with Crippen LogP contribution in [0.4, 0.5) is 5.69 Å². The molecule has 2 N–H and O–H groups in total. The maximum absolute atomic E-state index is 12.2. The van der Waals surface area contributed by atoms with Crippen molar-refractivity contribution in [2.24, 2.45) is 0 Å². The summed E-state index contributed by atoms with van der Waals surface area (Å²) in [6.07, 6.45) is 1.35. The number of aryl methyl sites for hydroxylation is 1. The van der Waals surface area contributed by atoms with Crippen molar-refractivity contribution in [1.29, 1.82) is 0 Å². The van der Waals surface area contributed by atoms with Gasteiger partial charge in [0, 0.05) is 12.1 Å². The lowest BCUT2D eigenvalue weighted by Crippen LogP contribution is -2.13. The van der Waals surface area contributed by atoms with Crippen LogP contribution in [0.3, 0.4) is 0 Å². The number of hydrogen-bond acceptors (Lipinski definition) is 6. The van der Waals surface area contributed by atoms with Crippen LogP contribution in [0.15, 0.2) is 33.7 Å². The van der Waals surface area contributed by atoms with Crippen molar-refractivity contribution in [3.63, 3.8) is 0 Å². The molecule has 0 fully saturated rings. The molecule has 2 aromatic heterocycles. The first kappa shape index (κ1) is 14.4. The smallest absolute Gasteiger partial charge is 0.265 e. The second kappa shape index (κ2) is 5.51. The van der Waals surface area contributed by atoms with Gasteiger partial charge in [-0.25, -0.2) is 13.4 Å². The fourth-order valence-corrected chi connectivity index (χ4v) is 2.89. The van der Waals surface area contributed by atoms with E-state index in [1.54, 1.807) is 6.07 Å². The Morgan fingerprint density at radius 2 is 2.20 bits per heavy atom. The first-order valence-corrected chi connectivity index (χ1v) is 7.17. The summed E-state index contributed by atoms with van der Waals surface area (Å²) in [5, 5.41) is 8.96. The van der Waals surface area contributed by atoms with Gasteiger partial charge in [-0.05, 0) is 13.0 Å². The molecular weight excluding hydrogens is 284 g/mol. The standard InChI is InChI=1S/C12H14N2O5S/c1-8-11(5-10(7-15)19-8)20(16,17)14-9-3-4-12(18-2)13-6-9/h3-6,14-15H,7H2,1-2H3. The Labute approximate surface area is 116 Å². The Hall–Kier alpha value is -2.06. The van der Waals surface area contributed by atoms with Gasteiger partial charge >= 0.3 is 0 Å². The summed E-state index contributed by atoms with van der Waals surface area (Å²) >= 11 is 0. The summed E-state index contributed by atoms with van der Waals surface area (Å²) in [5.74, 6) is 0.786. The first-order chi connectivity index (χ1) is 9.46. The predicted molar refractivity (Wildman–Crippen MR) is 71.0 cm³/mol. The number of furan rings is 1. The molecule has 0 aliphatic rings. The van der Waals surface area contributed by atoms with Crippen LogP contribution in [0.2, 0.25) is 0 Å². The summed E-state index contributed by atoms with van der Waals surface area (Å²) in [6, 6.07) is 4.36. The van der Waals surface area contributed by atoms with Crippen molar-refractivity contribution in [2.75, 3.05) is 11.8 Å². The number of ether oxygens (including phenoxy) is 1. The fraction of sp³-hybridized carbons (Fsp3) is 0.250. The van der Waals surface area contributed by atoms with Crippen molar-refractivity contribution >= 4 is 15.7 Å². The van der Waals surface area contributed by atoms with Gasteiger partial charge in [0.25, 0.3) is 10.0 Å². The zero-order chi connectivity index (χ0) is 14.8. The first-order valence-electron chi connectivity index (χ1n) is 5.69. The van der Waals surface area contributed by atoms with Gasteiger partial charge in [0.1, 0.15) is 23.0 Å². The van der Waals surface area contributed by atoms with Gasteiger partial charge in [-0.1, -0.05) is 0 Å². The number of rotatable bonds is 5. The molecule has 2 aromatic rings. The van der Waals surface area contributed by atoms with Crippen LogP contribution in [0.5, 0.6) is 5.88 Å². The molecule has 2 rings (SSSR count). The number of aliphatic hydroxyl groups is 1. The zero-order valence-corrected chi connectivity index (χ0v) is 11.8. The Bertz CT molecular complexity index is 691. The number of aromatic nitrogens is 1. The average Bonchev–Trinajstić information content (AvgIpc) is 2.81. The number of methoxy groups -OCH3 is 1. The van der Waals surface area contributed by atoms with Crippen molar-refractivity contribution < 1.29 is 22.7 Å². The summed E-state index contributed by atoms with van der Waals surface area (Å²) in [7, 11) is -2.32. The van der Waals surface area contributed by atoms with Crippen molar-refractivity contribution in [3.8, 4) is 5.88 Å². The highest BCUT2D eigenvalue weighted by atomic mass is 32.2. The molecule has 0 saturated heterocycles. The molecule has 0 aromatic carbocycles. The van der Waals surface area contributed by atoms with Crippen LogP contribution in [-0.4, -0.2) is 25.6 Å². The van der Waals surface area contributed by atoms with Crippen LogP contribution in [0.1, 0.15) is 11.5 Å². The molecule has 2 heterocycles. The highest BCUT2D eigenvalue weighted by Crippen LogP contribution is 2.23. The maximum atomic E-state index is 12.2. The number of sulfonamides is 1. The highest BCUT2D eigenvalue weighted by molar-refractivity contribution is 7.92. The quantitative estimate of drug-likeness (QED) is 0.862. The zero-order valence-electron chi connectivity index (χ0n) is 11.0. The third kappa shape index (κ3) is 2.91. The summed E-state index contributed by atoms with van der Waals surface area (Å²) < 4.78 is 36.8. The molecule has 0 saturated carbocycles. The second-order valence-electron chi connectivity index (χ2n) is 3.99. The minimum absolute atomic E-state index is 0.0163. The highest BCUT2D eigenvalue weighted by Gasteiger charge is 2.21. The van der Waals surface area contributed by atoms with E-state index in [2.05, 4.69) is 9.71 Å². The minimum Gasteiger partial charge on any atom is -0.481 e. The van der Waals surface area contributed by atoms with Gasteiger partial charge < -0.3 is 14.3 Å². The molecule has 0 atom stereocenters. The lowest BCUT2D eigenvalue weighted by Gasteiger charge is -2.07. The lowest BCUT2D eigenvalue weighted by molar-refractivity contribution is 0.245. The van der Waals surface area contributed by atoms with Crippen LogP contribution >= 0.6 is 0 Å². The molecule has 0 spiro atoms. The average molecular weight is 298 g/mol. The Morgan fingerprint density at radius 3 is 2.70 bits per heavy atom. The van der Waals surface area contributed by atoms with Gasteiger partial charge in [-0.3, -0.25) is 4.72 Å². The molecule has 7 nitrogen and oxygen atoms in total. The van der Waals surface area contributed by atoms with Crippen LogP contribution in [0, 0.1) is 6.92 Å². The molecule has 0 aliphatic heterocycles. The second-order valence-corrected chi connectivity index (χ2v) is 5.64. The van der Waals surface area contributed by atoms with E-state index in [-0.39, 0.29) is 23.0 Å². The van der Waals surface area contributed by atoms with E-state index >= 15 is 0 Å². The third-order valence-electron chi connectivity index (χ3n) is 2.57.